The van der Waals surface area contributed by atoms with Crippen LogP contribution in [0.2, 0.25) is 0 Å². The minimum Gasteiger partial charge on any atom is -0.349 e. The van der Waals surface area contributed by atoms with Crippen LogP contribution in [0.4, 0.5) is 0 Å². The van der Waals surface area contributed by atoms with Crippen molar-refractivity contribution in [1.82, 2.24) is 5.32 Å². The van der Waals surface area contributed by atoms with Gasteiger partial charge in [-0.2, -0.15) is 0 Å². The van der Waals surface area contributed by atoms with Gasteiger partial charge in [0.2, 0.25) is 0 Å². The second-order valence-corrected chi connectivity index (χ2v) is 3.84. The van der Waals surface area contributed by atoms with Crippen molar-refractivity contribution in [2.45, 2.75) is 26.3 Å². The van der Waals surface area contributed by atoms with Crippen molar-refractivity contribution in [3.63, 3.8) is 0 Å². The fraction of sp³-hybridized carbons (Fsp3) is 0.444. The van der Waals surface area contributed by atoms with Crippen LogP contribution in [0.5, 0.6) is 5.75 Å². The SMILES string of the molecule is CCC(C)NC(=O)c1cc([O])cs1. The summed E-state index contributed by atoms with van der Waals surface area (Å²) in [5, 5.41) is 15.0. The van der Waals surface area contributed by atoms with Gasteiger partial charge in [-0.25, -0.2) is 0 Å². The number of thiophene rings is 1. The zero-order chi connectivity index (χ0) is 9.84. The lowest BCUT2D eigenvalue weighted by Crippen LogP contribution is -2.31. The maximum absolute atomic E-state index is 11.4. The predicted molar refractivity (Wildman–Crippen MR) is 51.7 cm³/mol. The third-order valence-corrected chi connectivity index (χ3v) is 2.70. The van der Waals surface area contributed by atoms with Gasteiger partial charge in [0.05, 0.1) is 4.88 Å². The zero-order valence-electron chi connectivity index (χ0n) is 7.66. The first kappa shape index (κ1) is 10.1. The van der Waals surface area contributed by atoms with Crippen molar-refractivity contribution in [3.05, 3.63) is 16.3 Å². The molecule has 1 rings (SSSR count). The van der Waals surface area contributed by atoms with Crippen molar-refractivity contribution in [1.29, 1.82) is 0 Å². The van der Waals surface area contributed by atoms with E-state index in [1.807, 2.05) is 13.8 Å². The molecule has 3 nitrogen and oxygen atoms in total. The van der Waals surface area contributed by atoms with E-state index in [1.54, 1.807) is 0 Å². The molecular weight excluding hydrogens is 186 g/mol. The summed E-state index contributed by atoms with van der Waals surface area (Å²) in [6.45, 7) is 3.93. The molecule has 1 aromatic rings. The molecule has 13 heavy (non-hydrogen) atoms. The van der Waals surface area contributed by atoms with E-state index in [9.17, 15) is 9.90 Å². The highest BCUT2D eigenvalue weighted by Gasteiger charge is 2.10. The second-order valence-electron chi connectivity index (χ2n) is 2.93. The molecule has 1 radical (unpaired) electrons. The third kappa shape index (κ3) is 2.73. The maximum Gasteiger partial charge on any atom is 0.261 e. The highest BCUT2D eigenvalue weighted by molar-refractivity contribution is 7.12. The summed E-state index contributed by atoms with van der Waals surface area (Å²) in [7, 11) is 0. The van der Waals surface area contributed by atoms with Gasteiger partial charge in [-0.3, -0.25) is 9.90 Å². The molecule has 1 aromatic heterocycles. The molecule has 0 aliphatic rings. The van der Waals surface area contributed by atoms with Crippen LogP contribution >= 0.6 is 11.3 Å². The van der Waals surface area contributed by atoms with Crippen LogP contribution in [0, 0.1) is 0 Å². The number of amides is 1. The van der Waals surface area contributed by atoms with Gasteiger partial charge in [0, 0.05) is 17.5 Å². The number of rotatable bonds is 3. The largest absolute Gasteiger partial charge is 0.349 e. The molecule has 0 aliphatic heterocycles. The smallest absolute Gasteiger partial charge is 0.261 e. The first-order chi connectivity index (χ1) is 6.13. The lowest BCUT2D eigenvalue weighted by molar-refractivity contribution is 0.0943. The van der Waals surface area contributed by atoms with Gasteiger partial charge < -0.3 is 5.32 Å². The summed E-state index contributed by atoms with van der Waals surface area (Å²) in [5.41, 5.74) is 0. The number of carbonyl (C=O) groups is 1. The van der Waals surface area contributed by atoms with E-state index in [2.05, 4.69) is 5.32 Å². The van der Waals surface area contributed by atoms with E-state index < -0.39 is 0 Å². The van der Waals surface area contributed by atoms with Crippen LogP contribution in [0.1, 0.15) is 29.9 Å². The standard InChI is InChI=1S/C9H12NO2S/c1-3-6(2)10-9(12)8-4-7(11)5-13-8/h4-6H,3H2,1-2H3,(H,10,12). The first-order valence-corrected chi connectivity index (χ1v) is 5.08. The van der Waals surface area contributed by atoms with Gasteiger partial charge in [0.15, 0.2) is 5.75 Å². The minimum absolute atomic E-state index is 0.0979. The molecule has 0 fully saturated rings. The van der Waals surface area contributed by atoms with Crippen LogP contribution in [0.3, 0.4) is 0 Å². The zero-order valence-corrected chi connectivity index (χ0v) is 8.48. The average molecular weight is 198 g/mol. The molecule has 0 saturated carbocycles. The topological polar surface area (TPSA) is 49.0 Å². The molecule has 71 valence electrons. The summed E-state index contributed by atoms with van der Waals surface area (Å²) in [6, 6.07) is 1.52. The Morgan fingerprint density at radius 1 is 1.69 bits per heavy atom. The van der Waals surface area contributed by atoms with Gasteiger partial charge in [-0.15, -0.1) is 11.3 Å². The van der Waals surface area contributed by atoms with Gasteiger partial charge in [0.1, 0.15) is 0 Å². The molecule has 1 atom stereocenters. The lowest BCUT2D eigenvalue weighted by atomic mass is 10.2. The molecule has 0 aromatic carbocycles. The van der Waals surface area contributed by atoms with Gasteiger partial charge in [0.25, 0.3) is 5.91 Å². The van der Waals surface area contributed by atoms with Crippen molar-refractivity contribution >= 4 is 17.2 Å². The summed E-state index contributed by atoms with van der Waals surface area (Å²) in [4.78, 5) is 11.9. The number of nitrogens with one attached hydrogen (secondary N) is 1. The Kier molecular flexibility index (Phi) is 3.31. The normalized spacial score (nSPS) is 12.5. The van der Waals surface area contributed by atoms with Gasteiger partial charge in [-0.1, -0.05) is 6.92 Å². The van der Waals surface area contributed by atoms with Crippen molar-refractivity contribution in [2.24, 2.45) is 0 Å². The fourth-order valence-electron chi connectivity index (χ4n) is 0.835. The van der Waals surface area contributed by atoms with E-state index >= 15 is 0 Å². The van der Waals surface area contributed by atoms with Crippen molar-refractivity contribution < 1.29 is 9.90 Å². The summed E-state index contributed by atoms with van der Waals surface area (Å²) < 4.78 is 0. The van der Waals surface area contributed by atoms with E-state index in [4.69, 9.17) is 0 Å². The fourth-order valence-corrected chi connectivity index (χ4v) is 1.50. The molecule has 1 N–H and O–H groups in total. The average Bonchev–Trinajstić information content (AvgIpc) is 2.51. The van der Waals surface area contributed by atoms with E-state index in [0.717, 1.165) is 6.42 Å². The number of hydrogen-bond acceptors (Lipinski definition) is 2. The monoisotopic (exact) mass is 198 g/mol. The Bertz CT molecular complexity index is 296. The van der Waals surface area contributed by atoms with Crippen LogP contribution in [0.15, 0.2) is 11.4 Å². The van der Waals surface area contributed by atoms with Crippen LogP contribution in [-0.4, -0.2) is 11.9 Å². The van der Waals surface area contributed by atoms with Crippen molar-refractivity contribution in [3.8, 4) is 5.75 Å². The number of hydrogen-bond donors (Lipinski definition) is 1. The second kappa shape index (κ2) is 4.28. The Hall–Kier alpha value is -1.03. The summed E-state index contributed by atoms with van der Waals surface area (Å²) in [6.07, 6.45) is 0.890. The highest BCUT2D eigenvalue weighted by atomic mass is 32.1. The molecule has 0 spiro atoms. The molecule has 0 bridgehead atoms. The van der Waals surface area contributed by atoms with Crippen molar-refractivity contribution in [2.75, 3.05) is 0 Å². The summed E-state index contributed by atoms with van der Waals surface area (Å²) in [5.74, 6) is -0.249. The molecule has 4 heteroatoms. The van der Waals surface area contributed by atoms with Gasteiger partial charge in [-0.05, 0) is 13.3 Å². The summed E-state index contributed by atoms with van der Waals surface area (Å²) >= 11 is 1.19. The van der Waals surface area contributed by atoms with Crippen LogP contribution < -0.4 is 5.32 Å². The molecular formula is C9H12NO2S. The Labute approximate surface area is 81.4 Å². The Balaban J connectivity index is 2.58. The predicted octanol–water partition coefficient (Wildman–Crippen LogP) is 2.42. The Morgan fingerprint density at radius 3 is 2.85 bits per heavy atom. The maximum atomic E-state index is 11.4. The highest BCUT2D eigenvalue weighted by Crippen LogP contribution is 2.20. The lowest BCUT2D eigenvalue weighted by Gasteiger charge is -2.09. The molecule has 0 saturated heterocycles. The van der Waals surface area contributed by atoms with E-state index in [-0.39, 0.29) is 17.7 Å². The van der Waals surface area contributed by atoms with E-state index in [0.29, 0.717) is 4.88 Å². The van der Waals surface area contributed by atoms with Gasteiger partial charge >= 0.3 is 0 Å². The first-order valence-electron chi connectivity index (χ1n) is 4.20. The molecule has 1 heterocycles. The van der Waals surface area contributed by atoms with Crippen LogP contribution in [0.25, 0.3) is 0 Å². The molecule has 0 aliphatic carbocycles. The molecule has 1 amide bonds. The minimum atomic E-state index is -0.151. The van der Waals surface area contributed by atoms with Crippen LogP contribution in [-0.2, 0) is 5.11 Å². The van der Waals surface area contributed by atoms with E-state index in [1.165, 1.54) is 22.8 Å². The number of carbonyl (C=O) groups excluding carboxylic acids is 1. The third-order valence-electron chi connectivity index (χ3n) is 1.79. The quantitative estimate of drug-likeness (QED) is 0.796. The Morgan fingerprint density at radius 2 is 2.38 bits per heavy atom. The molecule has 1 unspecified atom stereocenters.